The Kier molecular flexibility index (Phi) is 10.5. The number of benzene rings is 1. The number of nitrogens with one attached hydrogen (secondary N) is 1. The Morgan fingerprint density at radius 1 is 1.12 bits per heavy atom. The lowest BCUT2D eigenvalue weighted by atomic mass is 10.0. The molecule has 0 aliphatic carbocycles. The summed E-state index contributed by atoms with van der Waals surface area (Å²) in [4.78, 5) is 14.4. The molecular weight excluding hydrogens is 349 g/mol. The van der Waals surface area contributed by atoms with Gasteiger partial charge in [0.25, 0.3) is 0 Å². The molecule has 1 aliphatic heterocycles. The predicted molar refractivity (Wildman–Crippen MR) is 103 cm³/mol. The first-order valence-electron chi connectivity index (χ1n) is 7.97. The Bertz CT molecular complexity index is 491. The first-order valence-corrected chi connectivity index (χ1v) is 7.97. The molecule has 7 heteroatoms. The Morgan fingerprint density at radius 2 is 1.67 bits per heavy atom. The molecule has 1 aliphatic rings. The van der Waals surface area contributed by atoms with Crippen molar-refractivity contribution in [3.05, 3.63) is 29.8 Å². The topological polar surface area (TPSA) is 67.6 Å². The van der Waals surface area contributed by atoms with E-state index in [0.29, 0.717) is 6.04 Å². The summed E-state index contributed by atoms with van der Waals surface area (Å²) in [5.41, 5.74) is 7.83. The third-order valence-corrected chi connectivity index (χ3v) is 4.46. The summed E-state index contributed by atoms with van der Waals surface area (Å²) in [5, 5.41) is 2.92. The van der Waals surface area contributed by atoms with E-state index in [2.05, 4.69) is 29.3 Å². The van der Waals surface area contributed by atoms with Gasteiger partial charge in [-0.05, 0) is 31.5 Å². The Labute approximate surface area is 157 Å². The maximum atomic E-state index is 12.0. The van der Waals surface area contributed by atoms with Gasteiger partial charge < -0.3 is 15.8 Å². The third-order valence-electron chi connectivity index (χ3n) is 4.46. The molecule has 0 bridgehead atoms. The van der Waals surface area contributed by atoms with Crippen LogP contribution in [0.3, 0.4) is 0 Å². The molecular formula is C17H29Cl2N3O2. The van der Waals surface area contributed by atoms with Crippen molar-refractivity contribution in [2.24, 2.45) is 11.7 Å². The average molecular weight is 378 g/mol. The molecule has 3 unspecified atom stereocenters. The number of morpholine rings is 1. The van der Waals surface area contributed by atoms with E-state index in [-0.39, 0.29) is 42.7 Å². The first-order chi connectivity index (χ1) is 10.5. The van der Waals surface area contributed by atoms with Gasteiger partial charge in [0.1, 0.15) is 0 Å². The van der Waals surface area contributed by atoms with Gasteiger partial charge in [-0.15, -0.1) is 24.8 Å². The smallest absolute Gasteiger partial charge is 0.228 e. The van der Waals surface area contributed by atoms with Crippen LogP contribution in [0.1, 0.15) is 32.4 Å². The number of carbonyl (C=O) groups excluding carboxylic acids is 1. The minimum atomic E-state index is -0.202. The van der Waals surface area contributed by atoms with E-state index in [4.69, 9.17) is 10.5 Å². The van der Waals surface area contributed by atoms with Crippen LogP contribution in [0, 0.1) is 5.92 Å². The lowest BCUT2D eigenvalue weighted by Crippen LogP contribution is -2.38. The normalized spacial score (nSPS) is 18.5. The minimum Gasteiger partial charge on any atom is -0.379 e. The molecule has 0 saturated carbocycles. The second-order valence-corrected chi connectivity index (χ2v) is 6.08. The molecule has 5 nitrogen and oxygen atoms in total. The Morgan fingerprint density at radius 3 is 2.17 bits per heavy atom. The van der Waals surface area contributed by atoms with E-state index in [1.54, 1.807) is 0 Å². The zero-order valence-electron chi connectivity index (χ0n) is 14.5. The summed E-state index contributed by atoms with van der Waals surface area (Å²) < 4.78 is 5.39. The number of rotatable bonds is 5. The van der Waals surface area contributed by atoms with Crippen molar-refractivity contribution in [1.82, 2.24) is 4.90 Å². The van der Waals surface area contributed by atoms with Crippen LogP contribution in [0.25, 0.3) is 0 Å². The molecule has 1 amide bonds. The summed E-state index contributed by atoms with van der Waals surface area (Å²) in [6.45, 7) is 9.42. The van der Waals surface area contributed by atoms with Gasteiger partial charge in [0.05, 0.1) is 19.1 Å². The Hall–Kier alpha value is -0.850. The summed E-state index contributed by atoms with van der Waals surface area (Å²) in [6.07, 6.45) is 0. The van der Waals surface area contributed by atoms with E-state index in [9.17, 15) is 4.79 Å². The van der Waals surface area contributed by atoms with Gasteiger partial charge >= 0.3 is 0 Å². The van der Waals surface area contributed by atoms with Gasteiger partial charge in [-0.2, -0.15) is 0 Å². The number of amides is 1. The molecule has 1 heterocycles. The lowest BCUT2D eigenvalue weighted by molar-refractivity contribution is -0.119. The maximum absolute atomic E-state index is 12.0. The van der Waals surface area contributed by atoms with Crippen LogP contribution in [0.15, 0.2) is 24.3 Å². The van der Waals surface area contributed by atoms with Crippen molar-refractivity contribution in [3.63, 3.8) is 0 Å². The van der Waals surface area contributed by atoms with Crippen LogP contribution < -0.4 is 11.1 Å². The van der Waals surface area contributed by atoms with Crippen molar-refractivity contribution in [2.75, 3.05) is 31.6 Å². The lowest BCUT2D eigenvalue weighted by Gasteiger charge is -2.32. The Balaban J connectivity index is 0.00000264. The molecule has 1 aromatic rings. The van der Waals surface area contributed by atoms with Gasteiger partial charge in [0, 0.05) is 30.9 Å². The zero-order valence-corrected chi connectivity index (χ0v) is 16.2. The van der Waals surface area contributed by atoms with Crippen molar-refractivity contribution in [3.8, 4) is 0 Å². The number of halogens is 2. The van der Waals surface area contributed by atoms with Gasteiger partial charge in [-0.25, -0.2) is 0 Å². The molecule has 138 valence electrons. The number of ether oxygens (including phenoxy) is 1. The molecule has 1 aromatic carbocycles. The minimum absolute atomic E-state index is 0. The zero-order chi connectivity index (χ0) is 16.1. The summed E-state index contributed by atoms with van der Waals surface area (Å²) in [5.74, 6) is -0.240. The molecule has 0 aromatic heterocycles. The number of hydrogen-bond acceptors (Lipinski definition) is 4. The number of nitrogens with zero attached hydrogens (tertiary/aromatic N) is 1. The van der Waals surface area contributed by atoms with Gasteiger partial charge in [-0.1, -0.05) is 19.1 Å². The fraction of sp³-hybridized carbons (Fsp3) is 0.588. The molecule has 1 saturated heterocycles. The molecule has 0 spiro atoms. The van der Waals surface area contributed by atoms with E-state index in [1.165, 1.54) is 5.56 Å². The largest absolute Gasteiger partial charge is 0.379 e. The SMILES string of the molecule is CC(N)C(C)C(=O)Nc1ccc(C(C)N2CCOCC2)cc1.Cl.Cl. The fourth-order valence-electron chi connectivity index (χ4n) is 2.52. The highest BCUT2D eigenvalue weighted by Gasteiger charge is 2.19. The van der Waals surface area contributed by atoms with Crippen LogP contribution in [0.5, 0.6) is 0 Å². The van der Waals surface area contributed by atoms with Crippen LogP contribution in [-0.2, 0) is 9.53 Å². The second-order valence-electron chi connectivity index (χ2n) is 6.08. The predicted octanol–water partition coefficient (Wildman–Crippen LogP) is 2.85. The highest BCUT2D eigenvalue weighted by molar-refractivity contribution is 5.92. The molecule has 0 radical (unpaired) electrons. The second kappa shape index (κ2) is 10.9. The highest BCUT2D eigenvalue weighted by Crippen LogP contribution is 2.23. The van der Waals surface area contributed by atoms with Crippen molar-refractivity contribution < 1.29 is 9.53 Å². The monoisotopic (exact) mass is 377 g/mol. The first kappa shape index (κ1) is 23.1. The maximum Gasteiger partial charge on any atom is 0.228 e. The van der Waals surface area contributed by atoms with Gasteiger partial charge in [0.2, 0.25) is 5.91 Å². The highest BCUT2D eigenvalue weighted by atomic mass is 35.5. The van der Waals surface area contributed by atoms with Crippen molar-refractivity contribution in [1.29, 1.82) is 0 Å². The fourth-order valence-corrected chi connectivity index (χ4v) is 2.52. The van der Waals surface area contributed by atoms with Gasteiger partial charge in [0.15, 0.2) is 0 Å². The van der Waals surface area contributed by atoms with E-state index in [1.807, 2.05) is 26.0 Å². The van der Waals surface area contributed by atoms with E-state index >= 15 is 0 Å². The van der Waals surface area contributed by atoms with Crippen molar-refractivity contribution >= 4 is 36.4 Å². The molecule has 3 atom stereocenters. The standard InChI is InChI=1S/C17H27N3O2.2ClH/c1-12(13(2)18)17(21)19-16-6-4-15(5-7-16)14(3)20-8-10-22-11-9-20;;/h4-7,12-14H,8-11,18H2,1-3H3,(H,19,21);2*1H. The summed E-state index contributed by atoms with van der Waals surface area (Å²) >= 11 is 0. The molecule has 3 N–H and O–H groups in total. The summed E-state index contributed by atoms with van der Waals surface area (Å²) in [6, 6.07) is 8.27. The molecule has 1 fully saturated rings. The van der Waals surface area contributed by atoms with Gasteiger partial charge in [-0.3, -0.25) is 9.69 Å². The number of carbonyl (C=O) groups is 1. The number of anilines is 1. The quantitative estimate of drug-likeness (QED) is 0.827. The molecule has 24 heavy (non-hydrogen) atoms. The number of nitrogens with two attached hydrogens (primary N) is 1. The van der Waals surface area contributed by atoms with E-state index < -0.39 is 0 Å². The van der Waals surface area contributed by atoms with Crippen LogP contribution in [0.4, 0.5) is 5.69 Å². The van der Waals surface area contributed by atoms with Crippen molar-refractivity contribution in [2.45, 2.75) is 32.9 Å². The van der Waals surface area contributed by atoms with Crippen LogP contribution >= 0.6 is 24.8 Å². The summed E-state index contributed by atoms with van der Waals surface area (Å²) in [7, 11) is 0. The van der Waals surface area contributed by atoms with Crippen LogP contribution in [-0.4, -0.2) is 43.2 Å². The number of hydrogen-bond donors (Lipinski definition) is 2. The average Bonchev–Trinajstić information content (AvgIpc) is 2.54. The third kappa shape index (κ3) is 6.22. The van der Waals surface area contributed by atoms with Crippen LogP contribution in [0.2, 0.25) is 0 Å². The van der Waals surface area contributed by atoms with E-state index in [0.717, 1.165) is 32.0 Å². The molecule has 2 rings (SSSR count).